The summed E-state index contributed by atoms with van der Waals surface area (Å²) in [6, 6.07) is 11.0. The van der Waals surface area contributed by atoms with Crippen molar-refractivity contribution in [2.75, 3.05) is 31.9 Å². The number of benzene rings is 3. The summed E-state index contributed by atoms with van der Waals surface area (Å²) in [4.78, 5) is 204. The van der Waals surface area contributed by atoms with E-state index in [4.69, 9.17) is 17.2 Å². The maximum absolute atomic E-state index is 13.9. The molecule has 3 atom stereocenters. The van der Waals surface area contributed by atoms with Gasteiger partial charge in [-0.05, 0) is 92.1 Å². The summed E-state index contributed by atoms with van der Waals surface area (Å²) in [6.07, 6.45) is 1.91. The number of carboxylic acid groups (broad SMARTS) is 6. The molecule has 98 heavy (non-hydrogen) atoms. The Morgan fingerprint density at radius 1 is 0.418 bits per heavy atom. The second kappa shape index (κ2) is 29.8. The summed E-state index contributed by atoms with van der Waals surface area (Å²) in [6.45, 7) is -1.36. The van der Waals surface area contributed by atoms with E-state index in [1.54, 1.807) is 0 Å². The Morgan fingerprint density at radius 3 is 0.990 bits per heavy atom. The summed E-state index contributed by atoms with van der Waals surface area (Å²) >= 11 is 0. The number of amides is 3. The van der Waals surface area contributed by atoms with Crippen LogP contribution in [0.5, 0.6) is 0 Å². The number of nitrogens with one attached hydrogen (secondary N) is 6. The summed E-state index contributed by atoms with van der Waals surface area (Å²) in [5, 5.41) is 64.7. The van der Waals surface area contributed by atoms with Gasteiger partial charge in [0.2, 0.25) is 17.8 Å². The minimum Gasteiger partial charge on any atom is -0.481 e. The van der Waals surface area contributed by atoms with Crippen LogP contribution < -0.4 is 64.5 Å². The van der Waals surface area contributed by atoms with Crippen molar-refractivity contribution in [2.24, 2.45) is 0 Å². The standard InChI is InChI=1S/C59H55N21O18/c60-57-72-45-42(51(90)75-57)66-29(19-63-45)22-78(32-7-1-26(2-8-32)48(87)69-35(54(93)94)13-16-39(81)82)25-38(79(23-30-20-64-46-43(67-30)52(91)76-58(61)73-46)33-9-3-27(4-10-33)49(88)70-36(55(95)96)14-17-40(83)84)80(24-31-21-65-47-44(68-31)53(92)77-59(62)74-47)34-11-5-28(6-12-34)50(89)71-37(56(97)98)15-18-41(85)86/h1-12,19-21,25,35-37H,13-18,22-24H2,(H,69,87)(H,70,88)(H,71,89)(H,81,82)(H,83,84)(H,85,86)(H,93,94)(H,95,96)(H,97,98)(H3,60,63,72,75,90)(H3,61,64,73,76,91)(H3,62,65,74,77,92)/t35-,36-,37-/m0/s1. The number of carbonyl (C=O) groups is 9. The number of hydrogen-bond acceptors (Lipinski definition) is 27. The lowest BCUT2D eigenvalue weighted by molar-refractivity contribution is -0.142. The Hall–Kier alpha value is -13.9. The SMILES string of the molecule is Nc1nc(=O)c2nc(CN(C=C(N(Cc3cnc4[nH]c(N)nc(=O)c4n3)c3ccc(C(=O)N[C@@H](CCC(=O)O)C(=O)O)cc3)N(Cc3cnc4[nH]c(N)nc(=O)c4n3)c3ccc(C(=O)N[C@@H](CCC(=O)O)C(=O)O)cc3)c3ccc(C(=O)N[C@@H](CCC(=O)O)C(=O)O)cc3)cnc2[nH]1. The Morgan fingerprint density at radius 2 is 0.704 bits per heavy atom. The van der Waals surface area contributed by atoms with E-state index in [1.807, 2.05) is 0 Å². The fraction of sp³-hybridized carbons (Fsp3) is 0.203. The number of nitrogen functional groups attached to an aromatic ring is 3. The van der Waals surface area contributed by atoms with Crippen LogP contribution in [0.2, 0.25) is 0 Å². The number of carboxylic acids is 6. The molecule has 0 spiro atoms. The van der Waals surface area contributed by atoms with Gasteiger partial charge in [-0.3, -0.25) is 43.2 Å². The van der Waals surface area contributed by atoms with Crippen LogP contribution in [0.25, 0.3) is 33.5 Å². The number of aromatic nitrogens is 12. The maximum atomic E-state index is 13.9. The summed E-state index contributed by atoms with van der Waals surface area (Å²) < 4.78 is 0. The Labute approximate surface area is 546 Å². The van der Waals surface area contributed by atoms with Crippen LogP contribution in [0.15, 0.2) is 118 Å². The average Bonchev–Trinajstić information content (AvgIpc) is 0.785. The highest BCUT2D eigenvalue weighted by molar-refractivity contribution is 5.99. The maximum Gasteiger partial charge on any atom is 0.326 e. The van der Waals surface area contributed by atoms with Crippen LogP contribution in [0, 0.1) is 0 Å². The fourth-order valence-electron chi connectivity index (χ4n) is 9.60. The van der Waals surface area contributed by atoms with E-state index in [0.717, 1.165) is 0 Å². The lowest BCUT2D eigenvalue weighted by Crippen LogP contribution is -2.41. The van der Waals surface area contributed by atoms with Crippen molar-refractivity contribution in [3.05, 3.63) is 168 Å². The highest BCUT2D eigenvalue weighted by Gasteiger charge is 2.30. The summed E-state index contributed by atoms with van der Waals surface area (Å²) in [5.41, 5.74) is 13.6. The number of hydrogen-bond donors (Lipinski definition) is 15. The van der Waals surface area contributed by atoms with Crippen LogP contribution in [0.1, 0.15) is 86.7 Å². The zero-order chi connectivity index (χ0) is 70.6. The second-order valence-electron chi connectivity index (χ2n) is 21.3. The molecule has 6 aromatic heterocycles. The quantitative estimate of drug-likeness (QED) is 0.0279. The van der Waals surface area contributed by atoms with Crippen LogP contribution in [0.4, 0.5) is 34.9 Å². The molecule has 0 aliphatic rings. The zero-order valence-corrected chi connectivity index (χ0v) is 50.5. The van der Waals surface area contributed by atoms with E-state index < -0.39 is 146 Å². The second-order valence-corrected chi connectivity index (χ2v) is 21.3. The topological polar surface area (TPSA) is 613 Å². The van der Waals surface area contributed by atoms with Gasteiger partial charge in [-0.25, -0.2) is 44.3 Å². The molecule has 3 aromatic carbocycles. The Bertz CT molecular complexity index is 4660. The lowest BCUT2D eigenvalue weighted by Gasteiger charge is -2.37. The van der Waals surface area contributed by atoms with Crippen molar-refractivity contribution in [1.82, 2.24) is 75.8 Å². The van der Waals surface area contributed by atoms with E-state index >= 15 is 0 Å². The minimum absolute atomic E-state index is 0.00936. The number of aromatic amines is 3. The third-order valence-electron chi connectivity index (χ3n) is 14.4. The van der Waals surface area contributed by atoms with Crippen molar-refractivity contribution in [1.29, 1.82) is 0 Å². The predicted molar refractivity (Wildman–Crippen MR) is 340 cm³/mol. The highest BCUT2D eigenvalue weighted by Crippen LogP contribution is 2.33. The van der Waals surface area contributed by atoms with E-state index in [2.05, 4.69) is 75.8 Å². The normalized spacial score (nSPS) is 12.0. The van der Waals surface area contributed by atoms with Gasteiger partial charge in [0, 0.05) is 59.2 Å². The van der Waals surface area contributed by atoms with E-state index in [9.17, 15) is 88.2 Å². The number of rotatable bonds is 30. The number of aliphatic carboxylic acids is 6. The van der Waals surface area contributed by atoms with Crippen LogP contribution in [-0.2, 0) is 48.4 Å². The van der Waals surface area contributed by atoms with Crippen molar-refractivity contribution >= 4 is 122 Å². The molecular formula is C59H55N21O18. The molecule has 18 N–H and O–H groups in total. The summed E-state index contributed by atoms with van der Waals surface area (Å²) in [5.74, 6) is -12.4. The number of nitrogens with two attached hydrogens (primary N) is 3. The van der Waals surface area contributed by atoms with Crippen molar-refractivity contribution in [2.45, 2.75) is 76.3 Å². The first-order valence-corrected chi connectivity index (χ1v) is 28.8. The van der Waals surface area contributed by atoms with E-state index in [1.165, 1.54) is 112 Å². The van der Waals surface area contributed by atoms with Gasteiger partial charge < -0.3 is 93.4 Å². The first-order chi connectivity index (χ1) is 46.7. The largest absolute Gasteiger partial charge is 0.481 e. The van der Waals surface area contributed by atoms with Crippen LogP contribution in [0.3, 0.4) is 0 Å². The third-order valence-corrected chi connectivity index (χ3v) is 14.4. The number of carbonyl (C=O) groups excluding carboxylic acids is 3. The van der Waals surface area contributed by atoms with Gasteiger partial charge in [-0.1, -0.05) is 0 Å². The molecule has 9 rings (SSSR count). The molecule has 0 aliphatic carbocycles. The predicted octanol–water partition coefficient (Wildman–Crippen LogP) is -0.125. The molecule has 6 heterocycles. The average molecular weight is 1350 g/mol. The number of anilines is 6. The van der Waals surface area contributed by atoms with Crippen LogP contribution >= 0.6 is 0 Å². The Balaban J connectivity index is 1.31. The van der Waals surface area contributed by atoms with Crippen molar-refractivity contribution in [3.63, 3.8) is 0 Å². The number of H-pyrrole nitrogens is 3. The lowest BCUT2D eigenvalue weighted by atomic mass is 10.1. The smallest absolute Gasteiger partial charge is 0.326 e. The number of nitrogens with zero attached hydrogens (tertiary/aromatic N) is 12. The van der Waals surface area contributed by atoms with Gasteiger partial charge in [0.05, 0.1) is 55.3 Å². The first kappa shape index (κ1) is 68.5. The molecule has 0 unspecified atom stereocenters. The molecule has 0 bridgehead atoms. The molecule has 3 amide bonds. The molecule has 39 nitrogen and oxygen atoms in total. The van der Waals surface area contributed by atoms with E-state index in [-0.39, 0.29) is 108 Å². The van der Waals surface area contributed by atoms with E-state index in [0.29, 0.717) is 0 Å². The molecule has 0 saturated heterocycles. The van der Waals surface area contributed by atoms with Gasteiger partial charge in [0.15, 0.2) is 33.5 Å². The minimum atomic E-state index is -1.66. The summed E-state index contributed by atoms with van der Waals surface area (Å²) in [7, 11) is 0. The van der Waals surface area contributed by atoms with Gasteiger partial charge >= 0.3 is 52.5 Å². The molecule has 39 heteroatoms. The molecule has 9 aromatic rings. The van der Waals surface area contributed by atoms with Gasteiger partial charge in [-0.2, -0.15) is 15.0 Å². The van der Waals surface area contributed by atoms with Crippen molar-refractivity contribution in [3.8, 4) is 0 Å². The van der Waals surface area contributed by atoms with Gasteiger partial charge in [0.25, 0.3) is 17.7 Å². The highest BCUT2D eigenvalue weighted by atomic mass is 16.4. The fourth-order valence-corrected chi connectivity index (χ4v) is 9.60. The molecule has 0 fully saturated rings. The zero-order valence-electron chi connectivity index (χ0n) is 50.5. The molecule has 0 saturated carbocycles. The molecule has 504 valence electrons. The molecular weight excluding hydrogens is 1290 g/mol. The van der Waals surface area contributed by atoms with Gasteiger partial charge in [0.1, 0.15) is 23.9 Å². The molecule has 0 aliphatic heterocycles. The third kappa shape index (κ3) is 17.0. The van der Waals surface area contributed by atoms with Crippen LogP contribution in [-0.4, -0.2) is 162 Å². The molecule has 0 radical (unpaired) electrons. The van der Waals surface area contributed by atoms with Crippen molar-refractivity contribution < 1.29 is 73.8 Å². The number of fused-ring (bicyclic) bond motifs is 3. The monoisotopic (exact) mass is 1350 g/mol. The Kier molecular flexibility index (Phi) is 20.8. The van der Waals surface area contributed by atoms with Gasteiger partial charge in [-0.15, -0.1) is 0 Å². The first-order valence-electron chi connectivity index (χ1n) is 28.8.